The maximum Gasteiger partial charge on any atom is 0.331 e. The van der Waals surface area contributed by atoms with Crippen LogP contribution in [-0.2, 0) is 17.8 Å². The highest BCUT2D eigenvalue weighted by Gasteiger charge is 2.29. The molecule has 1 heterocycles. The number of ether oxygens (including phenoxy) is 1. The van der Waals surface area contributed by atoms with Gasteiger partial charge in [0.05, 0.1) is 6.10 Å². The summed E-state index contributed by atoms with van der Waals surface area (Å²) in [5.41, 5.74) is 1.13. The fourth-order valence-electron chi connectivity index (χ4n) is 2.04. The molecule has 1 aromatic carbocycles. The Kier molecular flexibility index (Phi) is 5.05. The van der Waals surface area contributed by atoms with Crippen LogP contribution in [0.4, 0.5) is 0 Å². The molecule has 0 saturated heterocycles. The van der Waals surface area contributed by atoms with Gasteiger partial charge in [-0.15, -0.1) is 5.10 Å². The number of carboxylic acids is 1. The number of carbonyl (C=O) groups is 1. The Morgan fingerprint density at radius 3 is 2.86 bits per heavy atom. The summed E-state index contributed by atoms with van der Waals surface area (Å²) in [6, 6.07) is 6.32. The third-order valence-electron chi connectivity index (χ3n) is 3.21. The first-order valence-corrected chi connectivity index (χ1v) is 6.92. The van der Waals surface area contributed by atoms with Crippen molar-refractivity contribution in [3.05, 3.63) is 35.7 Å². The van der Waals surface area contributed by atoms with Crippen molar-refractivity contribution in [3.8, 4) is 5.75 Å². The van der Waals surface area contributed by atoms with E-state index < -0.39 is 18.1 Å². The summed E-state index contributed by atoms with van der Waals surface area (Å²) in [6.07, 6.45) is -0.249. The van der Waals surface area contributed by atoms with Crippen molar-refractivity contribution < 1.29 is 19.7 Å². The van der Waals surface area contributed by atoms with Crippen molar-refractivity contribution >= 4 is 5.97 Å². The second kappa shape index (κ2) is 6.99. The molecule has 0 radical (unpaired) electrons. The zero-order valence-corrected chi connectivity index (χ0v) is 12.4. The molecule has 8 nitrogen and oxygen atoms in total. The second-order valence-electron chi connectivity index (χ2n) is 4.85. The van der Waals surface area contributed by atoms with E-state index in [4.69, 9.17) is 4.74 Å². The van der Waals surface area contributed by atoms with Crippen molar-refractivity contribution in [3.63, 3.8) is 0 Å². The molecule has 0 fully saturated rings. The summed E-state index contributed by atoms with van der Waals surface area (Å²) in [6.45, 7) is 3.42. The van der Waals surface area contributed by atoms with Gasteiger partial charge in [-0.05, 0) is 41.5 Å². The van der Waals surface area contributed by atoms with Crippen LogP contribution in [0, 0.1) is 0 Å². The summed E-state index contributed by atoms with van der Waals surface area (Å²) >= 11 is 0. The lowest BCUT2D eigenvalue weighted by Gasteiger charge is -2.16. The monoisotopic (exact) mass is 306 g/mol. The molecular weight excluding hydrogens is 288 g/mol. The molecule has 1 aromatic heterocycles. The molecule has 8 heteroatoms. The van der Waals surface area contributed by atoms with E-state index in [-0.39, 0.29) is 12.4 Å². The van der Waals surface area contributed by atoms with E-state index in [9.17, 15) is 15.0 Å². The predicted molar refractivity (Wildman–Crippen MR) is 76.3 cm³/mol. The smallest absolute Gasteiger partial charge is 0.331 e. The molecule has 2 atom stereocenters. The number of benzene rings is 1. The lowest BCUT2D eigenvalue weighted by Crippen LogP contribution is -2.31. The number of tetrazole rings is 1. The number of hydrogen-bond acceptors (Lipinski definition) is 6. The van der Waals surface area contributed by atoms with Gasteiger partial charge in [-0.3, -0.25) is 0 Å². The highest BCUT2D eigenvalue weighted by molar-refractivity contribution is 5.72. The number of nitrogens with zero attached hydrogens (tertiary/aromatic N) is 4. The predicted octanol–water partition coefficient (Wildman–Crippen LogP) is 0.821. The SMILES string of the molecule is CCc1cccc(OCc2nnnn2C(C(=O)O)C(C)O)c1. The minimum absolute atomic E-state index is 0.0106. The maximum absolute atomic E-state index is 11.2. The Bertz CT molecular complexity index is 641. The topological polar surface area (TPSA) is 110 Å². The number of rotatable bonds is 7. The molecule has 2 unspecified atom stereocenters. The van der Waals surface area contributed by atoms with Gasteiger partial charge in [0.1, 0.15) is 12.4 Å². The normalized spacial score (nSPS) is 13.6. The Balaban J connectivity index is 2.14. The van der Waals surface area contributed by atoms with E-state index in [2.05, 4.69) is 15.5 Å². The van der Waals surface area contributed by atoms with E-state index in [1.54, 1.807) is 6.07 Å². The van der Waals surface area contributed by atoms with Crippen molar-refractivity contribution in [2.24, 2.45) is 0 Å². The summed E-state index contributed by atoms with van der Waals surface area (Å²) in [7, 11) is 0. The maximum atomic E-state index is 11.2. The minimum Gasteiger partial charge on any atom is -0.486 e. The zero-order chi connectivity index (χ0) is 16.1. The van der Waals surface area contributed by atoms with Gasteiger partial charge in [-0.25, -0.2) is 9.48 Å². The molecule has 22 heavy (non-hydrogen) atoms. The van der Waals surface area contributed by atoms with Crippen LogP contribution in [-0.4, -0.2) is 42.5 Å². The van der Waals surface area contributed by atoms with Gasteiger partial charge in [0.25, 0.3) is 0 Å². The molecule has 0 saturated carbocycles. The Morgan fingerprint density at radius 2 is 2.23 bits per heavy atom. The van der Waals surface area contributed by atoms with Gasteiger partial charge < -0.3 is 14.9 Å². The molecule has 2 rings (SSSR count). The number of aromatic nitrogens is 4. The van der Waals surface area contributed by atoms with Gasteiger partial charge in [0, 0.05) is 0 Å². The molecular formula is C14H18N4O4. The Labute approximate surface area is 127 Å². The van der Waals surface area contributed by atoms with Crippen LogP contribution in [0.25, 0.3) is 0 Å². The molecule has 0 aliphatic carbocycles. The molecule has 0 amide bonds. The Hall–Kier alpha value is -2.48. The molecule has 2 aromatic rings. The van der Waals surface area contributed by atoms with Crippen LogP contribution >= 0.6 is 0 Å². The fraction of sp³-hybridized carbons (Fsp3) is 0.429. The van der Waals surface area contributed by atoms with Crippen molar-refractivity contribution in [2.45, 2.75) is 39.0 Å². The first-order chi connectivity index (χ1) is 10.5. The Morgan fingerprint density at radius 1 is 1.45 bits per heavy atom. The lowest BCUT2D eigenvalue weighted by molar-refractivity contribution is -0.144. The number of aryl methyl sites for hydroxylation is 1. The lowest BCUT2D eigenvalue weighted by atomic mass is 10.2. The molecule has 0 aliphatic heterocycles. The minimum atomic E-state index is -1.25. The third kappa shape index (κ3) is 3.59. The van der Waals surface area contributed by atoms with Crippen LogP contribution in [0.15, 0.2) is 24.3 Å². The van der Waals surface area contributed by atoms with Crippen LogP contribution in [0.5, 0.6) is 5.75 Å². The molecule has 0 spiro atoms. The van der Waals surface area contributed by atoms with Crippen LogP contribution in [0.3, 0.4) is 0 Å². The molecule has 118 valence electrons. The standard InChI is InChI=1S/C14H18N4O4/c1-3-10-5-4-6-11(7-10)22-8-12-15-16-17-18(12)13(9(2)19)14(20)21/h4-7,9,13,19H,3,8H2,1-2H3,(H,20,21). The van der Waals surface area contributed by atoms with E-state index in [0.717, 1.165) is 16.7 Å². The second-order valence-corrected chi connectivity index (χ2v) is 4.85. The van der Waals surface area contributed by atoms with Gasteiger partial charge in [0.15, 0.2) is 11.9 Å². The number of hydrogen-bond donors (Lipinski definition) is 2. The van der Waals surface area contributed by atoms with Gasteiger partial charge >= 0.3 is 5.97 Å². The quantitative estimate of drug-likeness (QED) is 0.779. The largest absolute Gasteiger partial charge is 0.486 e. The van der Waals surface area contributed by atoms with E-state index in [0.29, 0.717) is 5.75 Å². The number of aliphatic carboxylic acids is 1. The van der Waals surface area contributed by atoms with Crippen molar-refractivity contribution in [2.75, 3.05) is 0 Å². The number of aliphatic hydroxyl groups excluding tert-OH is 1. The van der Waals surface area contributed by atoms with E-state index >= 15 is 0 Å². The molecule has 2 N–H and O–H groups in total. The van der Waals surface area contributed by atoms with Gasteiger partial charge in [-0.1, -0.05) is 19.1 Å². The number of aliphatic hydroxyl groups is 1. The highest BCUT2D eigenvalue weighted by Crippen LogP contribution is 2.17. The zero-order valence-electron chi connectivity index (χ0n) is 12.4. The van der Waals surface area contributed by atoms with Crippen molar-refractivity contribution in [1.29, 1.82) is 0 Å². The number of carboxylic acid groups (broad SMARTS) is 1. The molecule has 0 aliphatic rings. The van der Waals surface area contributed by atoms with Crippen LogP contribution < -0.4 is 4.74 Å². The van der Waals surface area contributed by atoms with E-state index in [1.807, 2.05) is 25.1 Å². The van der Waals surface area contributed by atoms with Gasteiger partial charge in [0.2, 0.25) is 0 Å². The van der Waals surface area contributed by atoms with Crippen molar-refractivity contribution in [1.82, 2.24) is 20.2 Å². The first kappa shape index (κ1) is 15.9. The van der Waals surface area contributed by atoms with Crippen LogP contribution in [0.2, 0.25) is 0 Å². The summed E-state index contributed by atoms with van der Waals surface area (Å²) in [4.78, 5) is 11.2. The van der Waals surface area contributed by atoms with Crippen LogP contribution in [0.1, 0.15) is 31.3 Å². The average molecular weight is 306 g/mol. The summed E-state index contributed by atoms with van der Waals surface area (Å²) in [5, 5.41) is 29.6. The highest BCUT2D eigenvalue weighted by atomic mass is 16.5. The van der Waals surface area contributed by atoms with E-state index in [1.165, 1.54) is 6.92 Å². The first-order valence-electron chi connectivity index (χ1n) is 6.92. The fourth-order valence-corrected chi connectivity index (χ4v) is 2.04. The molecule has 0 bridgehead atoms. The summed E-state index contributed by atoms with van der Waals surface area (Å²) in [5.74, 6) is -0.329. The third-order valence-corrected chi connectivity index (χ3v) is 3.21. The average Bonchev–Trinajstić information content (AvgIpc) is 2.92. The summed E-state index contributed by atoms with van der Waals surface area (Å²) < 4.78 is 6.67. The van der Waals surface area contributed by atoms with Gasteiger partial charge in [-0.2, -0.15) is 0 Å².